The Kier molecular flexibility index (Phi) is 6.96. The quantitative estimate of drug-likeness (QED) is 0.758. The maximum absolute atomic E-state index is 5.95. The van der Waals surface area contributed by atoms with Crippen molar-refractivity contribution in [2.45, 2.75) is 38.8 Å². The summed E-state index contributed by atoms with van der Waals surface area (Å²) in [6.45, 7) is 4.17. The van der Waals surface area contributed by atoms with Crippen molar-refractivity contribution in [3.05, 3.63) is 35.4 Å². The number of hydrogen-bond acceptors (Lipinski definition) is 2. The molecule has 2 atom stereocenters. The Balaban J connectivity index is 2.59. The monoisotopic (exact) mass is 391 g/mol. The molecule has 0 bridgehead atoms. The zero-order chi connectivity index (χ0) is 12.0. The molecular weight excluding hydrogens is 373 g/mol. The van der Waals surface area contributed by atoms with E-state index in [9.17, 15) is 0 Å². The molecule has 1 aromatic carbocycles. The van der Waals surface area contributed by atoms with Crippen molar-refractivity contribution >= 4 is 32.0 Å². The fraction of sp³-hybridized carbons (Fsp3) is 0.500. The molecule has 0 aliphatic rings. The number of rotatable bonds is 6. The van der Waals surface area contributed by atoms with Gasteiger partial charge >= 0.3 is 115 Å². The molecule has 2 radical (unpaired) electrons. The second-order valence-electron chi connectivity index (χ2n) is 4.03. The molecule has 0 fully saturated rings. The SMILES string of the molecule is CC(CCc1ccccc1C(C)N)[O][Sn][Br]. The van der Waals surface area contributed by atoms with Gasteiger partial charge in [0.1, 0.15) is 0 Å². The van der Waals surface area contributed by atoms with Gasteiger partial charge in [-0.15, -0.1) is 0 Å². The molecule has 0 saturated heterocycles. The molecule has 2 unspecified atom stereocenters. The molecule has 0 saturated carbocycles. The second-order valence-corrected chi connectivity index (χ2v) is 7.32. The van der Waals surface area contributed by atoms with Crippen molar-refractivity contribution in [2.75, 3.05) is 0 Å². The molecule has 0 heterocycles. The predicted molar refractivity (Wildman–Crippen MR) is 72.6 cm³/mol. The van der Waals surface area contributed by atoms with Crippen molar-refractivity contribution in [1.29, 1.82) is 0 Å². The number of benzene rings is 1. The first-order valence-corrected chi connectivity index (χ1v) is 13.1. The molecule has 88 valence electrons. The summed E-state index contributed by atoms with van der Waals surface area (Å²) in [5.41, 5.74) is 8.56. The van der Waals surface area contributed by atoms with Gasteiger partial charge in [0.25, 0.3) is 0 Å². The fourth-order valence-corrected chi connectivity index (χ4v) is 4.61. The number of aryl methyl sites for hydroxylation is 1. The maximum atomic E-state index is 5.95. The first-order chi connectivity index (χ1) is 7.65. The van der Waals surface area contributed by atoms with Gasteiger partial charge in [-0.25, -0.2) is 0 Å². The van der Waals surface area contributed by atoms with Gasteiger partial charge in [0.2, 0.25) is 0 Å². The average Bonchev–Trinajstić information content (AvgIpc) is 2.27. The van der Waals surface area contributed by atoms with Crippen LogP contribution >= 0.6 is 12.7 Å². The van der Waals surface area contributed by atoms with E-state index in [1.807, 2.05) is 6.92 Å². The third kappa shape index (κ3) is 4.73. The van der Waals surface area contributed by atoms with Crippen molar-refractivity contribution < 1.29 is 3.07 Å². The Morgan fingerprint density at radius 3 is 2.69 bits per heavy atom. The van der Waals surface area contributed by atoms with Crippen LogP contribution in [0.25, 0.3) is 0 Å². The standard InChI is InChI=1S/C12H18NO.BrH.Sn/c1-9(14)7-8-11-5-3-4-6-12(11)10(2)13;;/h3-6,9-10H,7-8,13H2,1-2H3;1H;/q-1;;+2/p-1. The Labute approximate surface area is 114 Å². The van der Waals surface area contributed by atoms with Crippen LogP contribution in [0, 0.1) is 0 Å². The molecule has 2 N–H and O–H groups in total. The molecular formula is C12H18BrNOSn. The summed E-state index contributed by atoms with van der Waals surface area (Å²) in [6, 6.07) is 8.52. The molecule has 1 aromatic rings. The van der Waals surface area contributed by atoms with Crippen LogP contribution in [-0.4, -0.2) is 25.4 Å². The van der Waals surface area contributed by atoms with E-state index in [0.717, 1.165) is 12.8 Å². The summed E-state index contributed by atoms with van der Waals surface area (Å²) in [4.78, 5) is 0. The third-order valence-electron chi connectivity index (χ3n) is 2.61. The summed E-state index contributed by atoms with van der Waals surface area (Å²) < 4.78 is 5.62. The van der Waals surface area contributed by atoms with Gasteiger partial charge in [-0.3, -0.25) is 0 Å². The third-order valence-corrected chi connectivity index (χ3v) is 5.27. The summed E-state index contributed by atoms with van der Waals surface area (Å²) in [6.07, 6.45) is 2.47. The van der Waals surface area contributed by atoms with E-state index in [1.54, 1.807) is 0 Å². The summed E-state index contributed by atoms with van der Waals surface area (Å²) in [7, 11) is 0. The van der Waals surface area contributed by atoms with Crippen LogP contribution < -0.4 is 5.73 Å². The van der Waals surface area contributed by atoms with Crippen molar-refractivity contribution in [1.82, 2.24) is 0 Å². The van der Waals surface area contributed by atoms with Gasteiger partial charge in [-0.1, -0.05) is 0 Å². The van der Waals surface area contributed by atoms with Crippen LogP contribution in [0.5, 0.6) is 0 Å². The zero-order valence-corrected chi connectivity index (χ0v) is 14.2. The van der Waals surface area contributed by atoms with Gasteiger partial charge in [0, 0.05) is 0 Å². The van der Waals surface area contributed by atoms with Gasteiger partial charge in [0.05, 0.1) is 0 Å². The van der Waals surface area contributed by atoms with E-state index >= 15 is 0 Å². The Morgan fingerprint density at radius 2 is 2.06 bits per heavy atom. The molecule has 16 heavy (non-hydrogen) atoms. The molecule has 1 rings (SSSR count). The van der Waals surface area contributed by atoms with Crippen LogP contribution in [0.1, 0.15) is 37.4 Å². The van der Waals surface area contributed by atoms with Crippen LogP contribution in [0.2, 0.25) is 0 Å². The van der Waals surface area contributed by atoms with E-state index in [4.69, 9.17) is 8.81 Å². The van der Waals surface area contributed by atoms with Crippen LogP contribution in [-0.2, 0) is 9.49 Å². The number of hydrogen-bond donors (Lipinski definition) is 1. The number of nitrogens with two attached hydrogens (primary N) is 1. The molecule has 0 spiro atoms. The van der Waals surface area contributed by atoms with Gasteiger partial charge < -0.3 is 0 Å². The fourth-order valence-electron chi connectivity index (χ4n) is 1.70. The topological polar surface area (TPSA) is 35.2 Å². The van der Waals surface area contributed by atoms with Gasteiger partial charge in [-0.2, -0.15) is 0 Å². The Morgan fingerprint density at radius 1 is 1.38 bits per heavy atom. The van der Waals surface area contributed by atoms with Crippen LogP contribution in [0.4, 0.5) is 0 Å². The van der Waals surface area contributed by atoms with Gasteiger partial charge in [0.15, 0.2) is 0 Å². The zero-order valence-electron chi connectivity index (χ0n) is 9.74. The molecule has 2 nitrogen and oxygen atoms in total. The molecule has 0 aliphatic heterocycles. The van der Waals surface area contributed by atoms with E-state index in [0.29, 0.717) is 6.10 Å². The van der Waals surface area contributed by atoms with Crippen molar-refractivity contribution in [3.8, 4) is 0 Å². The predicted octanol–water partition coefficient (Wildman–Crippen LogP) is 2.97. The van der Waals surface area contributed by atoms with E-state index < -0.39 is 19.3 Å². The Hall–Kier alpha value is 0.419. The summed E-state index contributed by atoms with van der Waals surface area (Å²) in [5, 5.41) is 0. The molecule has 4 heteroatoms. The summed E-state index contributed by atoms with van der Waals surface area (Å²) >= 11 is 2.73. The van der Waals surface area contributed by atoms with Crippen molar-refractivity contribution in [2.24, 2.45) is 5.73 Å². The van der Waals surface area contributed by atoms with E-state index in [1.165, 1.54) is 11.1 Å². The second kappa shape index (κ2) is 7.69. The minimum atomic E-state index is -0.711. The average molecular weight is 391 g/mol. The van der Waals surface area contributed by atoms with Crippen LogP contribution in [0.3, 0.4) is 0 Å². The first kappa shape index (κ1) is 14.5. The van der Waals surface area contributed by atoms with Crippen molar-refractivity contribution in [3.63, 3.8) is 0 Å². The molecule has 0 aromatic heterocycles. The minimum absolute atomic E-state index is 0.111. The van der Waals surface area contributed by atoms with Gasteiger partial charge in [-0.05, 0) is 0 Å². The van der Waals surface area contributed by atoms with E-state index in [2.05, 4.69) is 43.9 Å². The normalized spacial score (nSPS) is 14.8. The molecule has 0 amide bonds. The summed E-state index contributed by atoms with van der Waals surface area (Å²) in [5.74, 6) is 0. The number of halogens is 1. The van der Waals surface area contributed by atoms with E-state index in [-0.39, 0.29) is 6.04 Å². The Bertz CT molecular complexity index is 320. The molecule has 0 aliphatic carbocycles. The first-order valence-electron chi connectivity index (χ1n) is 5.49. The van der Waals surface area contributed by atoms with Crippen LogP contribution in [0.15, 0.2) is 24.3 Å².